The summed E-state index contributed by atoms with van der Waals surface area (Å²) in [6.45, 7) is 1.45. The standard InChI is InChI=1S/C20H23N3OS2/c1-23(2)14-16-8-4-3-7-15(16)13-21-19(24)11-12-25-20-22-17-9-5-6-10-18(17)26-20/h3-10H,11-14H2,1-2H3,(H,21,24). The van der Waals surface area contributed by atoms with Crippen molar-refractivity contribution in [3.8, 4) is 0 Å². The molecule has 0 spiro atoms. The van der Waals surface area contributed by atoms with E-state index in [-0.39, 0.29) is 5.91 Å². The number of hydrogen-bond donors (Lipinski definition) is 1. The molecule has 0 unspecified atom stereocenters. The summed E-state index contributed by atoms with van der Waals surface area (Å²) >= 11 is 3.33. The molecule has 3 aromatic rings. The summed E-state index contributed by atoms with van der Waals surface area (Å²) in [5, 5.41) is 3.04. The van der Waals surface area contributed by atoms with Crippen LogP contribution in [0.4, 0.5) is 0 Å². The van der Waals surface area contributed by atoms with Crippen LogP contribution in [-0.2, 0) is 17.9 Å². The van der Waals surface area contributed by atoms with Gasteiger partial charge in [-0.3, -0.25) is 4.79 Å². The monoisotopic (exact) mass is 385 g/mol. The van der Waals surface area contributed by atoms with Crippen LogP contribution in [0.5, 0.6) is 0 Å². The lowest BCUT2D eigenvalue weighted by atomic mass is 10.1. The minimum absolute atomic E-state index is 0.0817. The number of nitrogens with zero attached hydrogens (tertiary/aromatic N) is 2. The van der Waals surface area contributed by atoms with Crippen molar-refractivity contribution in [3.63, 3.8) is 0 Å². The van der Waals surface area contributed by atoms with Crippen molar-refractivity contribution < 1.29 is 4.79 Å². The fourth-order valence-corrected chi connectivity index (χ4v) is 4.73. The van der Waals surface area contributed by atoms with Gasteiger partial charge >= 0.3 is 0 Å². The molecule has 0 fully saturated rings. The van der Waals surface area contributed by atoms with Gasteiger partial charge in [0.2, 0.25) is 5.91 Å². The van der Waals surface area contributed by atoms with Crippen molar-refractivity contribution in [1.82, 2.24) is 15.2 Å². The molecule has 6 heteroatoms. The highest BCUT2D eigenvalue weighted by Crippen LogP contribution is 2.29. The fraction of sp³-hybridized carbons (Fsp3) is 0.300. The Kier molecular flexibility index (Phi) is 6.66. The number of fused-ring (bicyclic) bond motifs is 1. The highest BCUT2D eigenvalue weighted by Gasteiger charge is 2.08. The molecular weight excluding hydrogens is 362 g/mol. The molecule has 0 atom stereocenters. The maximum Gasteiger partial charge on any atom is 0.221 e. The zero-order valence-electron chi connectivity index (χ0n) is 15.1. The molecule has 26 heavy (non-hydrogen) atoms. The molecule has 2 aromatic carbocycles. The average molecular weight is 386 g/mol. The molecule has 1 aromatic heterocycles. The van der Waals surface area contributed by atoms with Gasteiger partial charge in [-0.25, -0.2) is 4.98 Å². The second-order valence-corrected chi connectivity index (χ2v) is 8.70. The molecule has 4 nitrogen and oxygen atoms in total. The summed E-state index contributed by atoms with van der Waals surface area (Å²) in [6.07, 6.45) is 0.496. The lowest BCUT2D eigenvalue weighted by molar-refractivity contribution is -0.120. The second kappa shape index (κ2) is 9.16. The fourth-order valence-electron chi connectivity index (χ4n) is 2.65. The molecule has 3 rings (SSSR count). The summed E-state index contributed by atoms with van der Waals surface area (Å²) < 4.78 is 2.22. The van der Waals surface area contributed by atoms with Crippen LogP contribution in [0.3, 0.4) is 0 Å². The number of aromatic nitrogens is 1. The van der Waals surface area contributed by atoms with Gasteiger partial charge in [0, 0.05) is 25.3 Å². The van der Waals surface area contributed by atoms with Crippen molar-refractivity contribution in [1.29, 1.82) is 0 Å². The highest BCUT2D eigenvalue weighted by molar-refractivity contribution is 8.01. The van der Waals surface area contributed by atoms with Gasteiger partial charge in [-0.2, -0.15) is 0 Å². The Balaban J connectivity index is 1.46. The Morgan fingerprint density at radius 2 is 1.85 bits per heavy atom. The summed E-state index contributed by atoms with van der Waals surface area (Å²) in [4.78, 5) is 18.9. The molecule has 0 bridgehead atoms. The first-order chi connectivity index (χ1) is 12.6. The van der Waals surface area contributed by atoms with Crippen LogP contribution < -0.4 is 5.32 Å². The van der Waals surface area contributed by atoms with E-state index in [1.54, 1.807) is 23.1 Å². The number of carbonyl (C=O) groups is 1. The summed E-state index contributed by atoms with van der Waals surface area (Å²) in [7, 11) is 4.10. The molecular formula is C20H23N3OS2. The molecule has 1 amide bonds. The Morgan fingerprint density at radius 3 is 2.62 bits per heavy atom. The van der Waals surface area contributed by atoms with Gasteiger partial charge in [0.1, 0.15) is 0 Å². The first-order valence-electron chi connectivity index (χ1n) is 8.58. The first-order valence-corrected chi connectivity index (χ1v) is 10.4. The van der Waals surface area contributed by atoms with Crippen LogP contribution in [-0.4, -0.2) is 35.6 Å². The molecule has 0 aliphatic heterocycles. The van der Waals surface area contributed by atoms with Crippen molar-refractivity contribution >= 4 is 39.2 Å². The zero-order chi connectivity index (χ0) is 18.4. The average Bonchev–Trinajstić information content (AvgIpc) is 3.03. The van der Waals surface area contributed by atoms with E-state index in [0.717, 1.165) is 22.2 Å². The predicted molar refractivity (Wildman–Crippen MR) is 111 cm³/mol. The molecule has 136 valence electrons. The first kappa shape index (κ1) is 18.9. The summed E-state index contributed by atoms with van der Waals surface area (Å²) in [5.74, 6) is 0.823. The van der Waals surface area contributed by atoms with Crippen LogP contribution in [0.1, 0.15) is 17.5 Å². The lowest BCUT2D eigenvalue weighted by Gasteiger charge is -2.14. The van der Waals surface area contributed by atoms with E-state index in [9.17, 15) is 4.79 Å². The number of amides is 1. The minimum atomic E-state index is 0.0817. The number of para-hydroxylation sites is 1. The zero-order valence-corrected chi connectivity index (χ0v) is 16.7. The molecule has 0 aliphatic carbocycles. The molecule has 1 heterocycles. The third kappa shape index (κ3) is 5.30. The SMILES string of the molecule is CN(C)Cc1ccccc1CNC(=O)CCSc1nc2ccccc2s1. The van der Waals surface area contributed by atoms with Gasteiger partial charge in [0.15, 0.2) is 4.34 Å². The highest BCUT2D eigenvalue weighted by atomic mass is 32.2. The number of carbonyl (C=O) groups excluding carboxylic acids is 1. The van der Waals surface area contributed by atoms with Crippen LogP contribution in [0.2, 0.25) is 0 Å². The van der Waals surface area contributed by atoms with E-state index in [4.69, 9.17) is 0 Å². The molecule has 1 N–H and O–H groups in total. The van der Waals surface area contributed by atoms with Crippen molar-refractivity contribution in [3.05, 3.63) is 59.7 Å². The van der Waals surface area contributed by atoms with Gasteiger partial charge in [-0.1, -0.05) is 48.2 Å². The smallest absolute Gasteiger partial charge is 0.221 e. The van der Waals surface area contributed by atoms with Gasteiger partial charge < -0.3 is 10.2 Å². The maximum atomic E-state index is 12.2. The van der Waals surface area contributed by atoms with Crippen molar-refractivity contribution in [2.45, 2.75) is 23.8 Å². The number of rotatable bonds is 8. The molecule has 0 aliphatic rings. The third-order valence-electron chi connectivity index (χ3n) is 3.91. The molecule has 0 radical (unpaired) electrons. The van der Waals surface area contributed by atoms with E-state index >= 15 is 0 Å². The number of hydrogen-bond acceptors (Lipinski definition) is 5. The van der Waals surface area contributed by atoms with Crippen LogP contribution in [0.25, 0.3) is 10.2 Å². The van der Waals surface area contributed by atoms with Gasteiger partial charge in [-0.15, -0.1) is 11.3 Å². The maximum absolute atomic E-state index is 12.2. The predicted octanol–water partition coefficient (Wildman–Crippen LogP) is 4.16. The molecule has 0 saturated carbocycles. The second-order valence-electron chi connectivity index (χ2n) is 6.33. The van der Waals surface area contributed by atoms with E-state index < -0.39 is 0 Å². The number of nitrogens with one attached hydrogen (secondary N) is 1. The van der Waals surface area contributed by atoms with Gasteiger partial charge in [0.05, 0.1) is 10.2 Å². The van der Waals surface area contributed by atoms with Crippen LogP contribution >= 0.6 is 23.1 Å². The van der Waals surface area contributed by atoms with Crippen LogP contribution in [0.15, 0.2) is 52.9 Å². The summed E-state index contributed by atoms with van der Waals surface area (Å²) in [5.41, 5.74) is 3.46. The number of thiazole rings is 1. The number of benzene rings is 2. The van der Waals surface area contributed by atoms with Gasteiger partial charge in [-0.05, 0) is 37.4 Å². The Hall–Kier alpha value is -1.89. The largest absolute Gasteiger partial charge is 0.352 e. The Morgan fingerprint density at radius 1 is 1.12 bits per heavy atom. The normalized spacial score (nSPS) is 11.2. The van der Waals surface area contributed by atoms with Crippen molar-refractivity contribution in [2.75, 3.05) is 19.8 Å². The minimum Gasteiger partial charge on any atom is -0.352 e. The van der Waals surface area contributed by atoms with Crippen molar-refractivity contribution in [2.24, 2.45) is 0 Å². The van der Waals surface area contributed by atoms with E-state index in [2.05, 4.69) is 47.5 Å². The third-order valence-corrected chi connectivity index (χ3v) is 6.09. The summed E-state index contributed by atoms with van der Waals surface area (Å²) in [6, 6.07) is 16.4. The quantitative estimate of drug-likeness (QED) is 0.592. The Labute approximate surface area is 162 Å². The van der Waals surface area contributed by atoms with E-state index in [1.165, 1.54) is 15.8 Å². The topological polar surface area (TPSA) is 45.2 Å². The van der Waals surface area contributed by atoms with Gasteiger partial charge in [0.25, 0.3) is 0 Å². The van der Waals surface area contributed by atoms with E-state index in [0.29, 0.717) is 13.0 Å². The number of thioether (sulfide) groups is 1. The van der Waals surface area contributed by atoms with E-state index in [1.807, 2.05) is 30.3 Å². The lowest BCUT2D eigenvalue weighted by Crippen LogP contribution is -2.24. The Bertz CT molecular complexity index is 843. The molecule has 0 saturated heterocycles. The van der Waals surface area contributed by atoms with Crippen LogP contribution in [0, 0.1) is 0 Å².